The Kier molecular flexibility index (Phi) is 3.93. The Morgan fingerprint density at radius 2 is 1.83 bits per heavy atom. The van der Waals surface area contributed by atoms with E-state index in [9.17, 15) is 4.39 Å². The third-order valence-electron chi connectivity index (χ3n) is 2.31. The third kappa shape index (κ3) is 2.68. The van der Waals surface area contributed by atoms with Crippen LogP contribution in [-0.2, 0) is 0 Å². The van der Waals surface area contributed by atoms with Gasteiger partial charge in [-0.25, -0.2) is 4.39 Å². The maximum Gasteiger partial charge on any atom is 0.245 e. The number of benzene rings is 1. The van der Waals surface area contributed by atoms with Crippen molar-refractivity contribution in [2.75, 3.05) is 11.4 Å². The third-order valence-corrected chi connectivity index (χ3v) is 2.72. The molecule has 1 aromatic carbocycles. The Labute approximate surface area is 113 Å². The van der Waals surface area contributed by atoms with Gasteiger partial charge in [-0.05, 0) is 42.8 Å². The van der Waals surface area contributed by atoms with Crippen LogP contribution in [0.2, 0.25) is 10.4 Å². The molecule has 0 aliphatic carbocycles. The van der Waals surface area contributed by atoms with Crippen LogP contribution in [0, 0.1) is 5.82 Å². The van der Waals surface area contributed by atoms with E-state index in [4.69, 9.17) is 23.2 Å². The lowest BCUT2D eigenvalue weighted by atomic mass is 10.3. The molecule has 1 aromatic heterocycles. The fraction of sp³-hybridized carbons (Fsp3) is 0.182. The minimum Gasteiger partial charge on any atom is -0.324 e. The van der Waals surface area contributed by atoms with Gasteiger partial charge in [0, 0.05) is 12.2 Å². The summed E-state index contributed by atoms with van der Waals surface area (Å²) in [6.07, 6.45) is 0. The normalized spacial score (nSPS) is 10.4. The number of hydrogen-bond acceptors (Lipinski definition) is 4. The summed E-state index contributed by atoms with van der Waals surface area (Å²) >= 11 is 11.6. The van der Waals surface area contributed by atoms with Gasteiger partial charge >= 0.3 is 0 Å². The fourth-order valence-corrected chi connectivity index (χ4v) is 1.83. The lowest BCUT2D eigenvalue weighted by molar-refractivity contribution is 0.627. The zero-order valence-electron chi connectivity index (χ0n) is 9.44. The highest BCUT2D eigenvalue weighted by Crippen LogP contribution is 2.28. The molecule has 0 bridgehead atoms. The second-order valence-electron chi connectivity index (χ2n) is 3.42. The molecule has 94 valence electrons. The molecule has 0 spiro atoms. The van der Waals surface area contributed by atoms with Crippen molar-refractivity contribution in [1.82, 2.24) is 15.2 Å². The molecule has 2 aromatic rings. The van der Waals surface area contributed by atoms with Gasteiger partial charge in [0.2, 0.25) is 5.28 Å². The number of anilines is 2. The molecule has 0 N–H and O–H groups in total. The maximum atomic E-state index is 12.9. The smallest absolute Gasteiger partial charge is 0.245 e. The molecule has 18 heavy (non-hydrogen) atoms. The highest BCUT2D eigenvalue weighted by Gasteiger charge is 2.15. The average Bonchev–Trinajstić information content (AvgIpc) is 2.37. The zero-order chi connectivity index (χ0) is 13.1. The van der Waals surface area contributed by atoms with Crippen LogP contribution in [0.3, 0.4) is 0 Å². The average molecular weight is 287 g/mol. The number of aromatic nitrogens is 3. The van der Waals surface area contributed by atoms with Gasteiger partial charge in [-0.3, -0.25) is 0 Å². The van der Waals surface area contributed by atoms with E-state index in [1.807, 2.05) is 6.92 Å². The first-order valence-corrected chi connectivity index (χ1v) is 5.96. The van der Waals surface area contributed by atoms with Gasteiger partial charge in [0.05, 0.1) is 0 Å². The van der Waals surface area contributed by atoms with Gasteiger partial charge in [0.15, 0.2) is 11.0 Å². The van der Waals surface area contributed by atoms with Crippen LogP contribution < -0.4 is 4.90 Å². The van der Waals surface area contributed by atoms with Crippen LogP contribution in [0.15, 0.2) is 24.3 Å². The van der Waals surface area contributed by atoms with Crippen molar-refractivity contribution in [3.05, 3.63) is 40.5 Å². The van der Waals surface area contributed by atoms with Gasteiger partial charge in [-0.2, -0.15) is 4.98 Å². The molecule has 0 saturated heterocycles. The summed E-state index contributed by atoms with van der Waals surface area (Å²) in [4.78, 5) is 5.80. The van der Waals surface area contributed by atoms with Gasteiger partial charge in [0.1, 0.15) is 5.82 Å². The summed E-state index contributed by atoms with van der Waals surface area (Å²) in [5.41, 5.74) is 0.748. The topological polar surface area (TPSA) is 41.9 Å². The summed E-state index contributed by atoms with van der Waals surface area (Å²) in [6.45, 7) is 2.50. The molecule has 0 aliphatic heterocycles. The lowest BCUT2D eigenvalue weighted by Crippen LogP contribution is -2.18. The first-order valence-electron chi connectivity index (χ1n) is 5.20. The molecule has 0 radical (unpaired) electrons. The first-order chi connectivity index (χ1) is 8.61. The Balaban J connectivity index is 2.44. The van der Waals surface area contributed by atoms with Gasteiger partial charge in [-0.15, -0.1) is 10.2 Å². The molecular weight excluding hydrogens is 278 g/mol. The van der Waals surface area contributed by atoms with Crippen molar-refractivity contribution in [3.8, 4) is 0 Å². The molecule has 0 fully saturated rings. The molecule has 4 nitrogen and oxygen atoms in total. The number of halogens is 3. The molecule has 0 atom stereocenters. The predicted molar refractivity (Wildman–Crippen MR) is 68.9 cm³/mol. The molecule has 2 rings (SSSR count). The largest absolute Gasteiger partial charge is 0.324 e. The first kappa shape index (κ1) is 13.0. The van der Waals surface area contributed by atoms with E-state index in [1.54, 1.807) is 17.0 Å². The van der Waals surface area contributed by atoms with Crippen molar-refractivity contribution in [1.29, 1.82) is 0 Å². The zero-order valence-corrected chi connectivity index (χ0v) is 11.0. The summed E-state index contributed by atoms with van der Waals surface area (Å²) in [6, 6.07) is 5.99. The fourth-order valence-electron chi connectivity index (χ4n) is 1.53. The van der Waals surface area contributed by atoms with Crippen molar-refractivity contribution >= 4 is 34.7 Å². The maximum absolute atomic E-state index is 12.9. The second-order valence-corrected chi connectivity index (χ2v) is 4.11. The Morgan fingerprint density at radius 3 is 2.44 bits per heavy atom. The van der Waals surface area contributed by atoms with Crippen molar-refractivity contribution < 1.29 is 4.39 Å². The van der Waals surface area contributed by atoms with Crippen LogP contribution in [0.5, 0.6) is 0 Å². The molecule has 0 aliphatic rings. The van der Waals surface area contributed by atoms with E-state index in [-0.39, 0.29) is 16.3 Å². The number of rotatable bonds is 3. The van der Waals surface area contributed by atoms with Crippen molar-refractivity contribution in [2.24, 2.45) is 0 Å². The SMILES string of the molecule is CCN(c1ccc(F)cc1)c1nc(Cl)nnc1Cl. The molecule has 0 saturated carbocycles. The summed E-state index contributed by atoms with van der Waals surface area (Å²) in [7, 11) is 0. The molecule has 7 heteroatoms. The van der Waals surface area contributed by atoms with E-state index >= 15 is 0 Å². The van der Waals surface area contributed by atoms with Crippen LogP contribution >= 0.6 is 23.2 Å². The summed E-state index contributed by atoms with van der Waals surface area (Å²) < 4.78 is 12.9. The van der Waals surface area contributed by atoms with Crippen LogP contribution in [0.4, 0.5) is 15.9 Å². The standard InChI is InChI=1S/C11H9Cl2FN4/c1-2-18(8-5-3-7(14)4-6-8)10-9(12)16-17-11(13)15-10/h3-6H,2H2,1H3. The predicted octanol–water partition coefficient (Wildman–Crippen LogP) is 3.48. The van der Waals surface area contributed by atoms with E-state index < -0.39 is 0 Å². The van der Waals surface area contributed by atoms with E-state index in [2.05, 4.69) is 15.2 Å². The monoisotopic (exact) mass is 286 g/mol. The highest BCUT2D eigenvalue weighted by atomic mass is 35.5. The van der Waals surface area contributed by atoms with E-state index in [0.29, 0.717) is 12.4 Å². The highest BCUT2D eigenvalue weighted by molar-refractivity contribution is 6.32. The molecule has 0 amide bonds. The number of hydrogen-bond donors (Lipinski definition) is 0. The van der Waals surface area contributed by atoms with Crippen molar-refractivity contribution in [2.45, 2.75) is 6.92 Å². The summed E-state index contributed by atoms with van der Waals surface area (Å²) in [5.74, 6) is 0.0884. The van der Waals surface area contributed by atoms with Crippen LogP contribution in [0.1, 0.15) is 6.92 Å². The quantitative estimate of drug-likeness (QED) is 0.866. The van der Waals surface area contributed by atoms with Gasteiger partial charge < -0.3 is 4.90 Å². The van der Waals surface area contributed by atoms with Crippen LogP contribution in [-0.4, -0.2) is 21.7 Å². The second kappa shape index (κ2) is 5.46. The van der Waals surface area contributed by atoms with E-state index in [0.717, 1.165) is 5.69 Å². The Morgan fingerprint density at radius 1 is 1.17 bits per heavy atom. The minimum atomic E-state index is -0.306. The number of nitrogens with zero attached hydrogens (tertiary/aromatic N) is 4. The Hall–Kier alpha value is -1.46. The van der Waals surface area contributed by atoms with Gasteiger partial charge in [-0.1, -0.05) is 11.6 Å². The molecular formula is C11H9Cl2FN4. The van der Waals surface area contributed by atoms with Crippen molar-refractivity contribution in [3.63, 3.8) is 0 Å². The van der Waals surface area contributed by atoms with E-state index in [1.165, 1.54) is 12.1 Å². The van der Waals surface area contributed by atoms with Gasteiger partial charge in [0.25, 0.3) is 0 Å². The molecule has 0 unspecified atom stereocenters. The lowest BCUT2D eigenvalue weighted by Gasteiger charge is -2.22. The molecule has 1 heterocycles. The summed E-state index contributed by atoms with van der Waals surface area (Å²) in [5, 5.41) is 7.40. The van der Waals surface area contributed by atoms with Crippen LogP contribution in [0.25, 0.3) is 0 Å². The minimum absolute atomic E-state index is 0.00922. The Bertz CT molecular complexity index is 547.